The van der Waals surface area contributed by atoms with Crippen LogP contribution in [0.15, 0.2) is 77.8 Å². The molecule has 1 atom stereocenters. The van der Waals surface area contributed by atoms with Crippen molar-refractivity contribution in [2.45, 2.75) is 17.9 Å². The van der Waals surface area contributed by atoms with Gasteiger partial charge in [-0.25, -0.2) is 12.8 Å². The first-order valence-corrected chi connectivity index (χ1v) is 9.55. The predicted molar refractivity (Wildman–Crippen MR) is 98.6 cm³/mol. The number of sulfonamides is 1. The summed E-state index contributed by atoms with van der Waals surface area (Å²) in [5.41, 5.74) is 1.87. The molecule has 1 heterocycles. The van der Waals surface area contributed by atoms with Crippen molar-refractivity contribution < 1.29 is 12.8 Å². The van der Waals surface area contributed by atoms with Gasteiger partial charge in [-0.3, -0.25) is 4.98 Å². The zero-order chi connectivity index (χ0) is 18.7. The maximum absolute atomic E-state index is 13.7. The molecule has 0 spiro atoms. The normalized spacial score (nSPS) is 12.9. The van der Waals surface area contributed by atoms with Crippen LogP contribution >= 0.6 is 0 Å². The highest BCUT2D eigenvalue weighted by Gasteiger charge is 2.32. The minimum Gasteiger partial charge on any atom is -0.259 e. The van der Waals surface area contributed by atoms with Crippen LogP contribution in [-0.4, -0.2) is 24.8 Å². The highest BCUT2D eigenvalue weighted by Crippen LogP contribution is 2.32. The van der Waals surface area contributed by atoms with Crippen molar-refractivity contribution in [3.05, 3.63) is 95.6 Å². The van der Waals surface area contributed by atoms with E-state index in [-0.39, 0.29) is 4.90 Å². The van der Waals surface area contributed by atoms with E-state index in [4.69, 9.17) is 0 Å². The lowest BCUT2D eigenvalue weighted by atomic mass is 10.0. The third-order valence-corrected chi connectivity index (χ3v) is 6.22. The topological polar surface area (TPSA) is 50.3 Å². The number of aryl methyl sites for hydroxylation is 1. The summed E-state index contributed by atoms with van der Waals surface area (Å²) in [5, 5.41) is 0. The van der Waals surface area contributed by atoms with Crippen molar-refractivity contribution in [3.8, 4) is 0 Å². The minimum absolute atomic E-state index is 0.0446. The molecule has 0 saturated heterocycles. The summed E-state index contributed by atoms with van der Waals surface area (Å²) in [4.78, 5) is 4.30. The average molecular weight is 370 g/mol. The van der Waals surface area contributed by atoms with E-state index in [0.717, 1.165) is 11.6 Å². The number of halogens is 1. The second-order valence-electron chi connectivity index (χ2n) is 6.00. The van der Waals surface area contributed by atoms with E-state index in [1.54, 1.807) is 25.3 Å². The summed E-state index contributed by atoms with van der Waals surface area (Å²) >= 11 is 0. The third kappa shape index (κ3) is 3.52. The molecule has 0 fully saturated rings. The van der Waals surface area contributed by atoms with Crippen LogP contribution in [0.25, 0.3) is 0 Å². The molecule has 0 N–H and O–H groups in total. The SMILES string of the molecule is Cc1ccc(F)cc1S(=O)(=O)N(C)C(c1ccccc1)c1ccccn1. The van der Waals surface area contributed by atoms with Gasteiger partial charge in [0.25, 0.3) is 0 Å². The molecule has 0 bridgehead atoms. The van der Waals surface area contributed by atoms with Crippen molar-refractivity contribution in [2.24, 2.45) is 0 Å². The van der Waals surface area contributed by atoms with Gasteiger partial charge < -0.3 is 0 Å². The van der Waals surface area contributed by atoms with Crippen molar-refractivity contribution >= 4 is 10.0 Å². The van der Waals surface area contributed by atoms with E-state index >= 15 is 0 Å². The molecular weight excluding hydrogens is 351 g/mol. The molecule has 3 rings (SSSR count). The number of aromatic nitrogens is 1. The van der Waals surface area contributed by atoms with Crippen LogP contribution in [0.4, 0.5) is 4.39 Å². The van der Waals surface area contributed by atoms with E-state index in [2.05, 4.69) is 4.98 Å². The van der Waals surface area contributed by atoms with Gasteiger partial charge in [0, 0.05) is 13.2 Å². The maximum atomic E-state index is 13.7. The molecule has 2 aromatic carbocycles. The molecule has 134 valence electrons. The standard InChI is InChI=1S/C20H19FN2O2S/c1-15-11-12-17(21)14-19(15)26(24,25)23(2)20(16-8-4-3-5-9-16)18-10-6-7-13-22-18/h3-14,20H,1-2H3. The number of benzene rings is 2. The monoisotopic (exact) mass is 370 g/mol. The van der Waals surface area contributed by atoms with Crippen LogP contribution in [0.1, 0.15) is 22.9 Å². The Balaban J connectivity index is 2.14. The van der Waals surface area contributed by atoms with E-state index in [1.807, 2.05) is 36.4 Å². The largest absolute Gasteiger partial charge is 0.259 e. The van der Waals surface area contributed by atoms with Crippen LogP contribution in [-0.2, 0) is 10.0 Å². The summed E-state index contributed by atoms with van der Waals surface area (Å²) in [5.74, 6) is -0.586. The summed E-state index contributed by atoms with van der Waals surface area (Å²) in [6.07, 6.45) is 1.62. The molecule has 0 aliphatic heterocycles. The van der Waals surface area contributed by atoms with Crippen LogP contribution in [0.5, 0.6) is 0 Å². The molecule has 3 aromatic rings. The highest BCUT2D eigenvalue weighted by molar-refractivity contribution is 7.89. The Morgan fingerprint density at radius 1 is 1.00 bits per heavy atom. The summed E-state index contributed by atoms with van der Waals surface area (Å²) in [6.45, 7) is 1.65. The van der Waals surface area contributed by atoms with E-state index < -0.39 is 21.9 Å². The maximum Gasteiger partial charge on any atom is 0.244 e. The van der Waals surface area contributed by atoms with Gasteiger partial charge in [-0.05, 0) is 42.3 Å². The van der Waals surface area contributed by atoms with E-state index in [0.29, 0.717) is 11.3 Å². The summed E-state index contributed by atoms with van der Waals surface area (Å²) < 4.78 is 41.4. The van der Waals surface area contributed by atoms with Gasteiger partial charge in [0.15, 0.2) is 0 Å². The lowest BCUT2D eigenvalue weighted by Crippen LogP contribution is -2.33. The van der Waals surface area contributed by atoms with Crippen molar-refractivity contribution in [3.63, 3.8) is 0 Å². The van der Waals surface area contributed by atoms with Crippen LogP contribution in [0.3, 0.4) is 0 Å². The molecule has 0 saturated carbocycles. The Morgan fingerprint density at radius 2 is 1.69 bits per heavy atom. The van der Waals surface area contributed by atoms with Crippen molar-refractivity contribution in [2.75, 3.05) is 7.05 Å². The smallest absolute Gasteiger partial charge is 0.244 e. The Bertz CT molecular complexity index is 953. The first-order valence-electron chi connectivity index (χ1n) is 8.11. The van der Waals surface area contributed by atoms with Crippen molar-refractivity contribution in [1.82, 2.24) is 9.29 Å². The van der Waals surface area contributed by atoms with Gasteiger partial charge in [0.1, 0.15) is 5.82 Å². The fraction of sp³-hybridized carbons (Fsp3) is 0.150. The first-order chi connectivity index (χ1) is 12.4. The fourth-order valence-electron chi connectivity index (χ4n) is 2.89. The lowest BCUT2D eigenvalue weighted by Gasteiger charge is -2.28. The quantitative estimate of drug-likeness (QED) is 0.684. The molecular formula is C20H19FN2O2S. The second-order valence-corrected chi connectivity index (χ2v) is 7.96. The average Bonchev–Trinajstić information content (AvgIpc) is 2.65. The zero-order valence-corrected chi connectivity index (χ0v) is 15.3. The molecule has 6 heteroatoms. The fourth-order valence-corrected chi connectivity index (χ4v) is 4.44. The van der Waals surface area contributed by atoms with Gasteiger partial charge in [-0.15, -0.1) is 0 Å². The molecule has 1 unspecified atom stereocenters. The highest BCUT2D eigenvalue weighted by atomic mass is 32.2. The van der Waals surface area contributed by atoms with Gasteiger partial charge in [-0.2, -0.15) is 4.31 Å². The van der Waals surface area contributed by atoms with Gasteiger partial charge in [0.05, 0.1) is 16.6 Å². The summed E-state index contributed by atoms with van der Waals surface area (Å²) in [6, 6.07) is 17.8. The Labute approximate surface area is 153 Å². The predicted octanol–water partition coefficient (Wildman–Crippen LogP) is 3.94. The first kappa shape index (κ1) is 18.2. The number of nitrogens with zero attached hydrogens (tertiary/aromatic N) is 2. The van der Waals surface area contributed by atoms with Gasteiger partial charge in [-0.1, -0.05) is 42.5 Å². The Hall–Kier alpha value is -2.57. The molecule has 0 aliphatic carbocycles. The molecule has 26 heavy (non-hydrogen) atoms. The van der Waals surface area contributed by atoms with Crippen LogP contribution in [0.2, 0.25) is 0 Å². The number of hydrogen-bond acceptors (Lipinski definition) is 3. The van der Waals surface area contributed by atoms with Crippen molar-refractivity contribution in [1.29, 1.82) is 0 Å². The summed E-state index contributed by atoms with van der Waals surface area (Å²) in [7, 11) is -2.44. The second kappa shape index (κ2) is 7.35. The molecule has 0 aliphatic rings. The lowest BCUT2D eigenvalue weighted by molar-refractivity contribution is 0.411. The van der Waals surface area contributed by atoms with Crippen LogP contribution in [0, 0.1) is 12.7 Å². The third-order valence-electron chi connectivity index (χ3n) is 4.25. The molecule has 4 nitrogen and oxygen atoms in total. The van der Waals surface area contributed by atoms with Gasteiger partial charge >= 0.3 is 0 Å². The van der Waals surface area contributed by atoms with Crippen LogP contribution < -0.4 is 0 Å². The minimum atomic E-state index is -3.93. The van der Waals surface area contributed by atoms with E-state index in [1.165, 1.54) is 23.5 Å². The Kier molecular flexibility index (Phi) is 5.15. The molecule has 0 radical (unpaired) electrons. The Morgan fingerprint density at radius 3 is 2.35 bits per heavy atom. The van der Waals surface area contributed by atoms with E-state index in [9.17, 15) is 12.8 Å². The van der Waals surface area contributed by atoms with Gasteiger partial charge in [0.2, 0.25) is 10.0 Å². The number of hydrogen-bond donors (Lipinski definition) is 0. The number of pyridine rings is 1. The zero-order valence-electron chi connectivity index (χ0n) is 14.5. The molecule has 0 amide bonds. The molecule has 1 aromatic heterocycles. The number of rotatable bonds is 5.